The molecule has 7 heteroatoms. The van der Waals surface area contributed by atoms with Crippen LogP contribution in [-0.4, -0.2) is 21.2 Å². The SMILES string of the molecule is [O-][N+]1=CC(CBr)(Sc2ccccc2)[NH+]([O-])c2ccc(Cl)cc21. The molecule has 2 atom stereocenters. The van der Waals surface area contributed by atoms with Crippen LogP contribution in [0, 0.1) is 10.4 Å². The first-order valence-electron chi connectivity index (χ1n) is 6.52. The molecule has 22 heavy (non-hydrogen) atoms. The average Bonchev–Trinajstić information content (AvgIpc) is 2.53. The van der Waals surface area contributed by atoms with Crippen molar-refractivity contribution < 1.29 is 9.80 Å². The molecule has 2 aromatic carbocycles. The number of hydroxylamine groups is 1. The topological polar surface area (TPSA) is 53.6 Å². The molecule has 2 unspecified atom stereocenters. The van der Waals surface area contributed by atoms with Gasteiger partial charge in [-0.3, -0.25) is 0 Å². The molecule has 1 heterocycles. The Bertz CT molecular complexity index is 729. The summed E-state index contributed by atoms with van der Waals surface area (Å²) in [5, 5.41) is 26.0. The molecule has 0 radical (unpaired) electrons. The van der Waals surface area contributed by atoms with E-state index < -0.39 is 4.87 Å². The molecule has 0 aliphatic carbocycles. The molecule has 2 aromatic rings. The molecular weight excluding hydrogens is 388 g/mol. The summed E-state index contributed by atoms with van der Waals surface area (Å²) in [6.45, 7) is 0. The summed E-state index contributed by atoms with van der Waals surface area (Å²) >= 11 is 10.7. The lowest BCUT2D eigenvalue weighted by Crippen LogP contribution is -3.13. The van der Waals surface area contributed by atoms with Gasteiger partial charge in [0.2, 0.25) is 16.8 Å². The minimum Gasteiger partial charge on any atom is -0.627 e. The van der Waals surface area contributed by atoms with E-state index in [-0.39, 0.29) is 5.06 Å². The molecule has 3 rings (SSSR count). The number of halogens is 2. The van der Waals surface area contributed by atoms with E-state index in [2.05, 4.69) is 15.9 Å². The number of hydrogen-bond donors (Lipinski definition) is 1. The van der Waals surface area contributed by atoms with Gasteiger partial charge >= 0.3 is 0 Å². The summed E-state index contributed by atoms with van der Waals surface area (Å²) in [6.07, 6.45) is 1.42. The first kappa shape index (κ1) is 15.8. The Balaban J connectivity index is 2.07. The van der Waals surface area contributed by atoms with Gasteiger partial charge in [-0.05, 0) is 30.0 Å². The minimum absolute atomic E-state index is 0.100. The predicted octanol–water partition coefficient (Wildman–Crippen LogP) is 3.46. The maximum Gasteiger partial charge on any atom is 0.279 e. The summed E-state index contributed by atoms with van der Waals surface area (Å²) < 4.78 is 0.736. The summed E-state index contributed by atoms with van der Waals surface area (Å²) in [4.78, 5) is -0.0402. The Morgan fingerprint density at radius 2 is 1.95 bits per heavy atom. The van der Waals surface area contributed by atoms with Gasteiger partial charge in [-0.2, -0.15) is 4.74 Å². The molecule has 0 amide bonds. The minimum atomic E-state index is -0.968. The first-order chi connectivity index (χ1) is 10.6. The van der Waals surface area contributed by atoms with Crippen molar-refractivity contribution in [2.75, 3.05) is 5.33 Å². The zero-order valence-corrected chi connectivity index (χ0v) is 14.5. The molecule has 0 bridgehead atoms. The monoisotopic (exact) mass is 398 g/mol. The van der Waals surface area contributed by atoms with Gasteiger partial charge in [0, 0.05) is 22.1 Å². The van der Waals surface area contributed by atoms with Crippen LogP contribution < -0.4 is 5.06 Å². The van der Waals surface area contributed by atoms with Crippen LogP contribution in [0.2, 0.25) is 5.02 Å². The summed E-state index contributed by atoms with van der Waals surface area (Å²) in [6, 6.07) is 14.3. The van der Waals surface area contributed by atoms with E-state index in [0.29, 0.717) is 21.7 Å². The fraction of sp³-hybridized carbons (Fsp3) is 0.133. The molecule has 1 N–H and O–H groups in total. The van der Waals surface area contributed by atoms with Crippen LogP contribution in [0.5, 0.6) is 0 Å². The first-order valence-corrected chi connectivity index (χ1v) is 8.84. The van der Waals surface area contributed by atoms with E-state index in [9.17, 15) is 10.4 Å². The van der Waals surface area contributed by atoms with Gasteiger partial charge in [0.15, 0.2) is 0 Å². The summed E-state index contributed by atoms with van der Waals surface area (Å²) in [5.41, 5.74) is 0.688. The quantitative estimate of drug-likeness (QED) is 0.488. The lowest BCUT2D eigenvalue weighted by Gasteiger charge is -2.39. The second kappa shape index (κ2) is 6.22. The van der Waals surface area contributed by atoms with Crippen molar-refractivity contribution >= 4 is 56.9 Å². The van der Waals surface area contributed by atoms with Crippen LogP contribution in [0.1, 0.15) is 0 Å². The molecule has 0 aromatic heterocycles. The second-order valence-electron chi connectivity index (χ2n) is 4.88. The van der Waals surface area contributed by atoms with E-state index >= 15 is 0 Å². The number of alkyl halides is 1. The number of hydrogen-bond acceptors (Lipinski definition) is 3. The van der Waals surface area contributed by atoms with Crippen molar-refractivity contribution in [3.05, 3.63) is 64.0 Å². The molecule has 1 aliphatic rings. The van der Waals surface area contributed by atoms with E-state index in [4.69, 9.17) is 11.6 Å². The Morgan fingerprint density at radius 3 is 2.64 bits per heavy atom. The largest absolute Gasteiger partial charge is 0.627 e. The molecular formula is C15H12BrClN2O2S. The van der Waals surface area contributed by atoms with Gasteiger partial charge < -0.3 is 15.5 Å². The van der Waals surface area contributed by atoms with Crippen molar-refractivity contribution in [3.8, 4) is 0 Å². The van der Waals surface area contributed by atoms with Gasteiger partial charge in [-0.25, -0.2) is 0 Å². The van der Waals surface area contributed by atoms with Gasteiger partial charge in [0.25, 0.3) is 5.69 Å². The lowest BCUT2D eigenvalue weighted by atomic mass is 10.2. The zero-order chi connectivity index (χ0) is 15.7. The number of thioether (sulfide) groups is 1. The molecule has 0 spiro atoms. The lowest BCUT2D eigenvalue weighted by molar-refractivity contribution is -0.808. The fourth-order valence-corrected chi connectivity index (χ4v) is 4.35. The molecule has 0 saturated carbocycles. The highest BCUT2D eigenvalue weighted by Crippen LogP contribution is 2.36. The maximum absolute atomic E-state index is 12.9. The average molecular weight is 400 g/mol. The van der Waals surface area contributed by atoms with Gasteiger partial charge in [-0.15, -0.1) is 0 Å². The number of fused-ring (bicyclic) bond motifs is 1. The third kappa shape index (κ3) is 2.77. The zero-order valence-electron chi connectivity index (χ0n) is 11.3. The van der Waals surface area contributed by atoms with E-state index in [1.807, 2.05) is 30.3 Å². The van der Waals surface area contributed by atoms with E-state index in [1.54, 1.807) is 12.1 Å². The van der Waals surface area contributed by atoms with E-state index in [0.717, 1.165) is 9.63 Å². The molecule has 114 valence electrons. The van der Waals surface area contributed by atoms with Crippen molar-refractivity contribution in [1.29, 1.82) is 0 Å². The number of nitrogens with one attached hydrogen (secondary N) is 1. The standard InChI is InChI=1S/C15H12BrClN2O2S/c16-9-15(22-12-4-2-1-3-5-12)10-18(20)14-8-11(17)6-7-13(14)19(15)21/h1-8,10,19H,9H2. The van der Waals surface area contributed by atoms with Crippen LogP contribution >= 0.6 is 39.3 Å². The Hall–Kier alpha value is -1.05. The summed E-state index contributed by atoms with van der Waals surface area (Å²) in [5.74, 6) is 0. The van der Waals surface area contributed by atoms with Crippen LogP contribution in [0.3, 0.4) is 0 Å². The molecule has 1 aliphatic heterocycles. The van der Waals surface area contributed by atoms with Crippen molar-refractivity contribution in [2.24, 2.45) is 0 Å². The Labute approximate surface area is 145 Å². The highest BCUT2D eigenvalue weighted by molar-refractivity contribution is 9.09. The van der Waals surface area contributed by atoms with Crippen molar-refractivity contribution in [1.82, 2.24) is 0 Å². The highest BCUT2D eigenvalue weighted by atomic mass is 79.9. The second-order valence-corrected chi connectivity index (χ2v) is 7.28. The number of nitrogens with zero attached hydrogens (tertiary/aromatic N) is 1. The highest BCUT2D eigenvalue weighted by Gasteiger charge is 2.46. The predicted molar refractivity (Wildman–Crippen MR) is 93.6 cm³/mol. The van der Waals surface area contributed by atoms with Gasteiger partial charge in [0.1, 0.15) is 0 Å². The maximum atomic E-state index is 12.9. The summed E-state index contributed by atoms with van der Waals surface area (Å²) in [7, 11) is 0. The smallest absolute Gasteiger partial charge is 0.279 e. The van der Waals surface area contributed by atoms with Crippen LogP contribution in [-0.2, 0) is 0 Å². The molecule has 4 nitrogen and oxygen atoms in total. The van der Waals surface area contributed by atoms with Crippen LogP contribution in [0.4, 0.5) is 11.4 Å². The number of benzene rings is 2. The van der Waals surface area contributed by atoms with Crippen LogP contribution in [0.15, 0.2) is 53.4 Å². The molecule has 0 fully saturated rings. The Morgan fingerprint density at radius 1 is 1.23 bits per heavy atom. The van der Waals surface area contributed by atoms with Gasteiger partial charge in [0.05, 0.1) is 5.33 Å². The van der Waals surface area contributed by atoms with E-state index in [1.165, 1.54) is 24.0 Å². The normalized spacial score (nSPS) is 23.8. The molecule has 0 saturated heterocycles. The third-order valence-electron chi connectivity index (χ3n) is 3.39. The van der Waals surface area contributed by atoms with Crippen molar-refractivity contribution in [2.45, 2.75) is 9.77 Å². The fourth-order valence-electron chi connectivity index (χ4n) is 2.32. The van der Waals surface area contributed by atoms with Gasteiger partial charge in [-0.1, -0.05) is 45.7 Å². The van der Waals surface area contributed by atoms with Crippen molar-refractivity contribution in [3.63, 3.8) is 0 Å². The third-order valence-corrected chi connectivity index (χ3v) is 6.19. The van der Waals surface area contributed by atoms with Crippen LogP contribution in [0.25, 0.3) is 0 Å². The number of rotatable bonds is 3. The Kier molecular flexibility index (Phi) is 4.47. The number of quaternary nitrogens is 1.